The monoisotopic (exact) mass is 205 g/mol. The second-order valence-electron chi connectivity index (χ2n) is 4.24. The number of nitrogens with zero attached hydrogens (tertiary/aromatic N) is 1. The molecule has 1 heterocycles. The van der Waals surface area contributed by atoms with Crippen LogP contribution in [0.25, 0.3) is 0 Å². The van der Waals surface area contributed by atoms with E-state index in [0.717, 1.165) is 5.75 Å². The van der Waals surface area contributed by atoms with Gasteiger partial charge in [0.05, 0.1) is 7.11 Å². The van der Waals surface area contributed by atoms with Crippen LogP contribution in [0.5, 0.6) is 5.75 Å². The van der Waals surface area contributed by atoms with E-state index >= 15 is 0 Å². The quantitative estimate of drug-likeness (QED) is 0.735. The topological polar surface area (TPSA) is 12.5 Å². The molecule has 0 amide bonds. The van der Waals surface area contributed by atoms with Crippen LogP contribution < -0.4 is 9.64 Å². The molecule has 2 heteroatoms. The maximum absolute atomic E-state index is 5.16. The molecule has 15 heavy (non-hydrogen) atoms. The van der Waals surface area contributed by atoms with Crippen LogP contribution in [0.2, 0.25) is 0 Å². The summed E-state index contributed by atoms with van der Waals surface area (Å²) in [5.74, 6) is 0.934. The molecule has 1 aliphatic heterocycles. The Balaban J connectivity index is 2.13. The summed E-state index contributed by atoms with van der Waals surface area (Å²) in [6.45, 7) is 3.50. The Bertz CT molecular complexity index is 307. The van der Waals surface area contributed by atoms with E-state index in [2.05, 4.69) is 24.0 Å². The molecule has 0 saturated carbocycles. The summed E-state index contributed by atoms with van der Waals surface area (Å²) in [4.78, 5) is 2.49. The maximum atomic E-state index is 5.16. The third-order valence-electron chi connectivity index (χ3n) is 3.21. The lowest BCUT2D eigenvalue weighted by molar-refractivity contribution is 0.414. The second kappa shape index (κ2) is 4.56. The van der Waals surface area contributed by atoms with Crippen LogP contribution in [-0.4, -0.2) is 19.7 Å². The molecule has 0 bridgehead atoms. The summed E-state index contributed by atoms with van der Waals surface area (Å²) < 4.78 is 5.16. The Hall–Kier alpha value is -1.18. The van der Waals surface area contributed by atoms with E-state index in [9.17, 15) is 0 Å². The summed E-state index contributed by atoms with van der Waals surface area (Å²) in [6.07, 6.45) is 4.00. The predicted molar refractivity (Wildman–Crippen MR) is 63.7 cm³/mol. The standard InChI is InChI=1S/C13H19NO/c1-11-5-3-4-10-14(11)12-6-8-13(15-2)9-7-12/h6-9,11H,3-5,10H2,1-2H3/t11-/m0/s1. The van der Waals surface area contributed by atoms with Gasteiger partial charge in [0.1, 0.15) is 5.75 Å². The Morgan fingerprint density at radius 2 is 1.93 bits per heavy atom. The van der Waals surface area contributed by atoms with E-state index in [-0.39, 0.29) is 0 Å². The van der Waals surface area contributed by atoms with Crippen LogP contribution in [0, 0.1) is 0 Å². The normalized spacial score (nSPS) is 21.5. The summed E-state index contributed by atoms with van der Waals surface area (Å²) in [5, 5.41) is 0. The Morgan fingerprint density at radius 3 is 2.53 bits per heavy atom. The molecule has 2 rings (SSSR count). The highest BCUT2D eigenvalue weighted by molar-refractivity contribution is 5.50. The van der Waals surface area contributed by atoms with Crippen molar-refractivity contribution in [2.24, 2.45) is 0 Å². The molecule has 1 saturated heterocycles. The summed E-state index contributed by atoms with van der Waals surface area (Å²) in [6, 6.07) is 9.06. The molecule has 1 aromatic rings. The van der Waals surface area contributed by atoms with E-state index in [1.54, 1.807) is 7.11 Å². The van der Waals surface area contributed by atoms with Gasteiger partial charge >= 0.3 is 0 Å². The van der Waals surface area contributed by atoms with Gasteiger partial charge in [0, 0.05) is 18.3 Å². The van der Waals surface area contributed by atoms with Crippen LogP contribution in [-0.2, 0) is 0 Å². The molecule has 0 N–H and O–H groups in total. The molecular formula is C13H19NO. The van der Waals surface area contributed by atoms with Crippen LogP contribution in [0.4, 0.5) is 5.69 Å². The van der Waals surface area contributed by atoms with Crippen molar-refractivity contribution in [2.75, 3.05) is 18.6 Å². The third-order valence-corrected chi connectivity index (χ3v) is 3.21. The molecule has 1 aromatic carbocycles. The summed E-state index contributed by atoms with van der Waals surface area (Å²) in [7, 11) is 1.71. The number of piperidine rings is 1. The van der Waals surface area contributed by atoms with Gasteiger partial charge in [0.15, 0.2) is 0 Å². The number of benzene rings is 1. The minimum Gasteiger partial charge on any atom is -0.497 e. The number of ether oxygens (including phenoxy) is 1. The van der Waals surface area contributed by atoms with Crippen LogP contribution in [0.3, 0.4) is 0 Å². The molecule has 0 radical (unpaired) electrons. The second-order valence-corrected chi connectivity index (χ2v) is 4.24. The van der Waals surface area contributed by atoms with Crippen LogP contribution in [0.15, 0.2) is 24.3 Å². The van der Waals surface area contributed by atoms with E-state index in [1.807, 2.05) is 12.1 Å². The zero-order valence-electron chi connectivity index (χ0n) is 9.57. The fourth-order valence-corrected chi connectivity index (χ4v) is 2.26. The van der Waals surface area contributed by atoms with Crippen molar-refractivity contribution in [2.45, 2.75) is 32.2 Å². The minimum atomic E-state index is 0.673. The minimum absolute atomic E-state index is 0.673. The lowest BCUT2D eigenvalue weighted by Crippen LogP contribution is -2.37. The Kier molecular flexibility index (Phi) is 3.14. The molecule has 1 atom stereocenters. The van der Waals surface area contributed by atoms with E-state index in [4.69, 9.17) is 4.74 Å². The SMILES string of the molecule is COc1ccc(N2CCCC[C@@H]2C)cc1. The first-order valence-electron chi connectivity index (χ1n) is 5.72. The van der Waals surface area contributed by atoms with Gasteiger partial charge in [-0.1, -0.05) is 0 Å². The lowest BCUT2D eigenvalue weighted by atomic mass is 10.0. The fraction of sp³-hybridized carbons (Fsp3) is 0.538. The molecule has 0 unspecified atom stereocenters. The average molecular weight is 205 g/mol. The molecule has 1 fully saturated rings. The first-order valence-corrected chi connectivity index (χ1v) is 5.72. The molecule has 0 aromatic heterocycles. The highest BCUT2D eigenvalue weighted by Crippen LogP contribution is 2.26. The van der Waals surface area contributed by atoms with Crippen molar-refractivity contribution in [3.63, 3.8) is 0 Å². The van der Waals surface area contributed by atoms with Crippen molar-refractivity contribution in [1.82, 2.24) is 0 Å². The van der Waals surface area contributed by atoms with Crippen molar-refractivity contribution in [3.8, 4) is 5.75 Å². The van der Waals surface area contributed by atoms with Crippen LogP contribution >= 0.6 is 0 Å². The average Bonchev–Trinajstić information content (AvgIpc) is 2.30. The molecule has 0 aliphatic carbocycles. The molecule has 82 valence electrons. The number of methoxy groups -OCH3 is 1. The Morgan fingerprint density at radius 1 is 1.20 bits per heavy atom. The molecule has 0 spiro atoms. The van der Waals surface area contributed by atoms with Crippen molar-refractivity contribution >= 4 is 5.69 Å². The van der Waals surface area contributed by atoms with E-state index < -0.39 is 0 Å². The number of hydrogen-bond donors (Lipinski definition) is 0. The largest absolute Gasteiger partial charge is 0.497 e. The van der Waals surface area contributed by atoms with Gasteiger partial charge in [-0.25, -0.2) is 0 Å². The summed E-state index contributed by atoms with van der Waals surface area (Å²) >= 11 is 0. The zero-order valence-corrected chi connectivity index (χ0v) is 9.57. The highest BCUT2D eigenvalue weighted by Gasteiger charge is 2.18. The van der Waals surface area contributed by atoms with Gasteiger partial charge in [-0.15, -0.1) is 0 Å². The summed E-state index contributed by atoms with van der Waals surface area (Å²) in [5.41, 5.74) is 1.32. The molecular weight excluding hydrogens is 186 g/mol. The predicted octanol–water partition coefficient (Wildman–Crippen LogP) is 3.07. The molecule has 2 nitrogen and oxygen atoms in total. The van der Waals surface area contributed by atoms with E-state index in [1.165, 1.54) is 31.5 Å². The highest BCUT2D eigenvalue weighted by atomic mass is 16.5. The van der Waals surface area contributed by atoms with E-state index in [0.29, 0.717) is 6.04 Å². The fourth-order valence-electron chi connectivity index (χ4n) is 2.26. The van der Waals surface area contributed by atoms with Gasteiger partial charge < -0.3 is 9.64 Å². The number of anilines is 1. The van der Waals surface area contributed by atoms with Crippen molar-refractivity contribution < 1.29 is 4.74 Å². The first-order chi connectivity index (χ1) is 7.31. The van der Waals surface area contributed by atoms with Crippen molar-refractivity contribution in [3.05, 3.63) is 24.3 Å². The lowest BCUT2D eigenvalue weighted by Gasteiger charge is -2.35. The van der Waals surface area contributed by atoms with Gasteiger partial charge in [0.25, 0.3) is 0 Å². The van der Waals surface area contributed by atoms with Gasteiger partial charge in [0.2, 0.25) is 0 Å². The maximum Gasteiger partial charge on any atom is 0.119 e. The first kappa shape index (κ1) is 10.3. The zero-order chi connectivity index (χ0) is 10.7. The number of rotatable bonds is 2. The smallest absolute Gasteiger partial charge is 0.119 e. The van der Waals surface area contributed by atoms with Gasteiger partial charge in [-0.3, -0.25) is 0 Å². The van der Waals surface area contributed by atoms with Gasteiger partial charge in [-0.2, -0.15) is 0 Å². The van der Waals surface area contributed by atoms with Crippen molar-refractivity contribution in [1.29, 1.82) is 0 Å². The Labute approximate surface area is 91.9 Å². The molecule has 1 aliphatic rings. The number of hydrogen-bond acceptors (Lipinski definition) is 2. The van der Waals surface area contributed by atoms with Crippen LogP contribution in [0.1, 0.15) is 26.2 Å². The van der Waals surface area contributed by atoms with Gasteiger partial charge in [-0.05, 0) is 50.5 Å². The third kappa shape index (κ3) is 2.25.